The summed E-state index contributed by atoms with van der Waals surface area (Å²) in [6.45, 7) is 6.70. The molecule has 0 radical (unpaired) electrons. The molecule has 16 heavy (non-hydrogen) atoms. The van der Waals surface area contributed by atoms with Gasteiger partial charge in [0.15, 0.2) is 0 Å². The summed E-state index contributed by atoms with van der Waals surface area (Å²) in [6.07, 6.45) is 1.49. The molecule has 0 saturated heterocycles. The monoisotopic (exact) mass is 243 g/mol. The van der Waals surface area contributed by atoms with Crippen LogP contribution in [0.1, 0.15) is 20.8 Å². The molecule has 1 aromatic rings. The average Bonchev–Trinajstić information content (AvgIpc) is 2.29. The standard InChI is InChI=1S/C11H18ClN3O/c1-4-16-11-5-10(13-7-14-11)15-9(3)8(2)6-12/h5,7-9H,4,6H2,1-3H3,(H,13,14,15). The van der Waals surface area contributed by atoms with Crippen LogP contribution in [0, 0.1) is 5.92 Å². The molecule has 2 atom stereocenters. The van der Waals surface area contributed by atoms with Crippen molar-refractivity contribution >= 4 is 17.4 Å². The topological polar surface area (TPSA) is 47.0 Å². The third-order valence-corrected chi connectivity index (χ3v) is 2.89. The van der Waals surface area contributed by atoms with Crippen molar-refractivity contribution in [2.75, 3.05) is 17.8 Å². The summed E-state index contributed by atoms with van der Waals surface area (Å²) in [5, 5.41) is 3.28. The molecule has 1 aromatic heterocycles. The molecule has 0 aliphatic carbocycles. The van der Waals surface area contributed by atoms with Crippen molar-refractivity contribution < 1.29 is 4.74 Å². The first-order valence-corrected chi connectivity index (χ1v) is 5.98. The maximum absolute atomic E-state index is 5.80. The van der Waals surface area contributed by atoms with Gasteiger partial charge in [0.2, 0.25) is 5.88 Å². The van der Waals surface area contributed by atoms with Crippen LogP contribution in [0.2, 0.25) is 0 Å². The molecule has 0 aliphatic heterocycles. The Labute approximate surface area is 101 Å². The van der Waals surface area contributed by atoms with Crippen LogP contribution in [0.3, 0.4) is 0 Å². The van der Waals surface area contributed by atoms with E-state index in [4.69, 9.17) is 16.3 Å². The van der Waals surface area contributed by atoms with Crippen molar-refractivity contribution in [2.24, 2.45) is 5.92 Å². The molecule has 0 aromatic carbocycles. The highest BCUT2D eigenvalue weighted by atomic mass is 35.5. The molecule has 1 N–H and O–H groups in total. The summed E-state index contributed by atoms with van der Waals surface area (Å²) < 4.78 is 5.30. The summed E-state index contributed by atoms with van der Waals surface area (Å²) in [4.78, 5) is 8.14. The van der Waals surface area contributed by atoms with Crippen LogP contribution in [-0.2, 0) is 0 Å². The second kappa shape index (κ2) is 6.53. The Balaban J connectivity index is 2.62. The molecule has 1 heterocycles. The van der Waals surface area contributed by atoms with Gasteiger partial charge in [0.25, 0.3) is 0 Å². The van der Waals surface area contributed by atoms with E-state index in [9.17, 15) is 0 Å². The summed E-state index contributed by atoms with van der Waals surface area (Å²) in [7, 11) is 0. The molecule has 0 bridgehead atoms. The Bertz CT molecular complexity index is 322. The fraction of sp³-hybridized carbons (Fsp3) is 0.636. The maximum Gasteiger partial charge on any atom is 0.218 e. The van der Waals surface area contributed by atoms with Crippen molar-refractivity contribution in [3.8, 4) is 5.88 Å². The Morgan fingerprint density at radius 2 is 2.19 bits per heavy atom. The molecular weight excluding hydrogens is 226 g/mol. The quantitative estimate of drug-likeness (QED) is 0.780. The number of halogens is 1. The van der Waals surface area contributed by atoms with Crippen molar-refractivity contribution in [1.82, 2.24) is 9.97 Å². The predicted octanol–water partition coefficient (Wildman–Crippen LogP) is 2.55. The minimum absolute atomic E-state index is 0.266. The Morgan fingerprint density at radius 3 is 2.81 bits per heavy atom. The van der Waals surface area contributed by atoms with Gasteiger partial charge in [-0.1, -0.05) is 6.92 Å². The molecule has 4 nitrogen and oxygen atoms in total. The summed E-state index contributed by atoms with van der Waals surface area (Å²) in [5.41, 5.74) is 0. The number of nitrogens with zero attached hydrogens (tertiary/aromatic N) is 2. The van der Waals surface area contributed by atoms with E-state index >= 15 is 0 Å². The fourth-order valence-corrected chi connectivity index (χ4v) is 1.42. The van der Waals surface area contributed by atoms with Crippen molar-refractivity contribution in [3.05, 3.63) is 12.4 Å². The van der Waals surface area contributed by atoms with E-state index in [0.29, 0.717) is 24.3 Å². The van der Waals surface area contributed by atoms with Gasteiger partial charge in [-0.3, -0.25) is 0 Å². The predicted molar refractivity (Wildman–Crippen MR) is 66.2 cm³/mol. The van der Waals surface area contributed by atoms with Crippen molar-refractivity contribution in [2.45, 2.75) is 26.8 Å². The first kappa shape index (κ1) is 13.0. The van der Waals surface area contributed by atoms with Crippen LogP contribution in [-0.4, -0.2) is 28.5 Å². The summed E-state index contributed by atoms with van der Waals surface area (Å²) in [6, 6.07) is 2.06. The van der Waals surface area contributed by atoms with Gasteiger partial charge in [-0.15, -0.1) is 11.6 Å². The number of ether oxygens (including phenoxy) is 1. The van der Waals surface area contributed by atoms with Crippen molar-refractivity contribution in [3.63, 3.8) is 0 Å². The van der Waals surface area contributed by atoms with Crippen molar-refractivity contribution in [1.29, 1.82) is 0 Å². The summed E-state index contributed by atoms with van der Waals surface area (Å²) in [5.74, 6) is 2.36. The van der Waals surface area contributed by atoms with E-state index in [1.807, 2.05) is 6.92 Å². The number of rotatable bonds is 6. The second-order valence-corrected chi connectivity index (χ2v) is 4.05. The van der Waals surface area contributed by atoms with Gasteiger partial charge in [-0.25, -0.2) is 9.97 Å². The van der Waals surface area contributed by atoms with Crippen LogP contribution in [0.4, 0.5) is 5.82 Å². The fourth-order valence-electron chi connectivity index (χ4n) is 1.15. The van der Waals surface area contributed by atoms with E-state index in [-0.39, 0.29) is 6.04 Å². The largest absolute Gasteiger partial charge is 0.478 e. The SMILES string of the molecule is CCOc1cc(NC(C)C(C)CCl)ncn1. The average molecular weight is 244 g/mol. The van der Waals surface area contributed by atoms with Gasteiger partial charge in [0.05, 0.1) is 6.61 Å². The zero-order valence-electron chi connectivity index (χ0n) is 9.90. The molecule has 1 rings (SSSR count). The molecule has 0 aliphatic rings. The van der Waals surface area contributed by atoms with Gasteiger partial charge < -0.3 is 10.1 Å². The molecular formula is C11H18ClN3O. The van der Waals surface area contributed by atoms with Gasteiger partial charge in [0.1, 0.15) is 12.1 Å². The molecule has 0 spiro atoms. The number of alkyl halides is 1. The van der Waals surface area contributed by atoms with Crippen LogP contribution < -0.4 is 10.1 Å². The van der Waals surface area contributed by atoms with Gasteiger partial charge >= 0.3 is 0 Å². The lowest BCUT2D eigenvalue weighted by Crippen LogP contribution is -2.25. The van der Waals surface area contributed by atoms with E-state index < -0.39 is 0 Å². The highest BCUT2D eigenvalue weighted by Gasteiger charge is 2.11. The zero-order valence-corrected chi connectivity index (χ0v) is 10.7. The minimum Gasteiger partial charge on any atom is -0.478 e. The van der Waals surface area contributed by atoms with E-state index in [1.165, 1.54) is 6.33 Å². The first-order chi connectivity index (χ1) is 7.67. The zero-order chi connectivity index (χ0) is 12.0. The second-order valence-electron chi connectivity index (χ2n) is 3.74. The Hall–Kier alpha value is -1.03. The van der Waals surface area contributed by atoms with Crippen LogP contribution >= 0.6 is 11.6 Å². The third kappa shape index (κ3) is 3.85. The van der Waals surface area contributed by atoms with Gasteiger partial charge in [-0.2, -0.15) is 0 Å². The van der Waals surface area contributed by atoms with Crippen LogP contribution in [0.5, 0.6) is 5.88 Å². The van der Waals surface area contributed by atoms with E-state index in [2.05, 4.69) is 29.1 Å². The third-order valence-electron chi connectivity index (χ3n) is 2.41. The number of hydrogen-bond donors (Lipinski definition) is 1. The lowest BCUT2D eigenvalue weighted by Gasteiger charge is -2.19. The highest BCUT2D eigenvalue weighted by Crippen LogP contribution is 2.15. The number of anilines is 1. The number of nitrogens with one attached hydrogen (secondary N) is 1. The van der Waals surface area contributed by atoms with Crippen LogP contribution in [0.15, 0.2) is 12.4 Å². The molecule has 0 saturated carbocycles. The summed E-state index contributed by atoms with van der Waals surface area (Å²) >= 11 is 5.80. The number of aromatic nitrogens is 2. The van der Waals surface area contributed by atoms with Gasteiger partial charge in [-0.05, 0) is 19.8 Å². The normalized spacial score (nSPS) is 14.2. The maximum atomic E-state index is 5.80. The van der Waals surface area contributed by atoms with Gasteiger partial charge in [0, 0.05) is 18.0 Å². The smallest absolute Gasteiger partial charge is 0.218 e. The Kier molecular flexibility index (Phi) is 5.32. The first-order valence-electron chi connectivity index (χ1n) is 5.44. The molecule has 90 valence electrons. The van der Waals surface area contributed by atoms with E-state index in [1.54, 1.807) is 6.07 Å². The lowest BCUT2D eigenvalue weighted by atomic mass is 10.1. The van der Waals surface area contributed by atoms with E-state index in [0.717, 1.165) is 5.82 Å². The molecule has 0 amide bonds. The minimum atomic E-state index is 0.266. The molecule has 2 unspecified atom stereocenters. The van der Waals surface area contributed by atoms with Crippen LogP contribution in [0.25, 0.3) is 0 Å². The Morgan fingerprint density at radius 1 is 1.44 bits per heavy atom. The lowest BCUT2D eigenvalue weighted by molar-refractivity contribution is 0.326. The molecule has 5 heteroatoms. The number of hydrogen-bond acceptors (Lipinski definition) is 4. The molecule has 0 fully saturated rings. The highest BCUT2D eigenvalue weighted by molar-refractivity contribution is 6.18.